The Morgan fingerprint density at radius 1 is 1.59 bits per heavy atom. The standard InChI is InChI=1S/C10H12N2O4.ClH/c1-16-9-5-6(12(14)15)4-7(10(9)13)8-2-3-11-8;/h4-5,8,11,13H,2-3H2,1H3;1H/t8-;/m0./s1. The Hall–Kier alpha value is -1.53. The molecule has 0 radical (unpaired) electrons. The first-order valence-electron chi connectivity index (χ1n) is 4.92. The number of nitro groups is 1. The summed E-state index contributed by atoms with van der Waals surface area (Å²) >= 11 is 0. The topological polar surface area (TPSA) is 84.6 Å². The first kappa shape index (κ1) is 13.5. The molecule has 1 atom stereocenters. The van der Waals surface area contributed by atoms with Crippen LogP contribution in [0.5, 0.6) is 11.5 Å². The first-order chi connectivity index (χ1) is 7.63. The van der Waals surface area contributed by atoms with Crippen LogP contribution in [-0.2, 0) is 0 Å². The highest BCUT2D eigenvalue weighted by Gasteiger charge is 2.26. The van der Waals surface area contributed by atoms with Gasteiger partial charge in [0.15, 0.2) is 11.5 Å². The molecule has 7 heteroatoms. The molecule has 1 aliphatic heterocycles. The smallest absolute Gasteiger partial charge is 0.273 e. The maximum absolute atomic E-state index is 10.7. The highest BCUT2D eigenvalue weighted by molar-refractivity contribution is 5.85. The number of phenolic OH excluding ortho intramolecular Hbond substituents is 1. The van der Waals surface area contributed by atoms with Crippen molar-refractivity contribution in [1.29, 1.82) is 0 Å². The summed E-state index contributed by atoms with van der Waals surface area (Å²) in [4.78, 5) is 10.2. The van der Waals surface area contributed by atoms with E-state index in [4.69, 9.17) is 4.74 Å². The van der Waals surface area contributed by atoms with Crippen LogP contribution in [0.25, 0.3) is 0 Å². The van der Waals surface area contributed by atoms with Gasteiger partial charge in [-0.3, -0.25) is 10.1 Å². The highest BCUT2D eigenvalue weighted by Crippen LogP contribution is 2.40. The molecule has 0 amide bonds. The molecule has 0 saturated carbocycles. The number of hydrogen-bond acceptors (Lipinski definition) is 5. The SMILES string of the molecule is COc1cc([N+](=O)[O-])cc([C@@H]2CCN2)c1O.Cl. The van der Waals surface area contributed by atoms with Crippen molar-refractivity contribution in [2.45, 2.75) is 12.5 Å². The number of rotatable bonds is 3. The van der Waals surface area contributed by atoms with E-state index in [2.05, 4.69) is 5.32 Å². The molecule has 1 aliphatic rings. The van der Waals surface area contributed by atoms with Crippen LogP contribution >= 0.6 is 12.4 Å². The molecule has 0 bridgehead atoms. The van der Waals surface area contributed by atoms with Gasteiger partial charge in [0.2, 0.25) is 0 Å². The predicted molar refractivity (Wildman–Crippen MR) is 63.9 cm³/mol. The minimum absolute atomic E-state index is 0. The van der Waals surface area contributed by atoms with E-state index in [0.717, 1.165) is 13.0 Å². The average molecular weight is 261 g/mol. The largest absolute Gasteiger partial charge is 0.504 e. The van der Waals surface area contributed by atoms with E-state index in [-0.39, 0.29) is 35.6 Å². The molecular formula is C10H13ClN2O4. The fourth-order valence-electron chi connectivity index (χ4n) is 1.70. The molecule has 1 saturated heterocycles. The first-order valence-corrected chi connectivity index (χ1v) is 4.92. The molecule has 1 fully saturated rings. The fraction of sp³-hybridized carbons (Fsp3) is 0.400. The van der Waals surface area contributed by atoms with Gasteiger partial charge >= 0.3 is 0 Å². The number of hydrogen-bond donors (Lipinski definition) is 2. The summed E-state index contributed by atoms with van der Waals surface area (Å²) in [7, 11) is 1.37. The van der Waals surface area contributed by atoms with Crippen LogP contribution in [0.2, 0.25) is 0 Å². The number of halogens is 1. The van der Waals surface area contributed by atoms with Crippen molar-refractivity contribution in [3.05, 3.63) is 27.8 Å². The Kier molecular flexibility index (Phi) is 4.14. The lowest BCUT2D eigenvalue weighted by Crippen LogP contribution is -2.35. The van der Waals surface area contributed by atoms with Gasteiger partial charge in [-0.1, -0.05) is 0 Å². The van der Waals surface area contributed by atoms with Crippen molar-refractivity contribution < 1.29 is 14.8 Å². The molecule has 0 aliphatic carbocycles. The van der Waals surface area contributed by atoms with Crippen molar-refractivity contribution >= 4 is 18.1 Å². The van der Waals surface area contributed by atoms with Gasteiger partial charge in [0.25, 0.3) is 5.69 Å². The monoisotopic (exact) mass is 260 g/mol. The molecule has 0 unspecified atom stereocenters. The van der Waals surface area contributed by atoms with Gasteiger partial charge in [-0.2, -0.15) is 0 Å². The molecule has 2 rings (SSSR count). The summed E-state index contributed by atoms with van der Waals surface area (Å²) in [6.07, 6.45) is 0.859. The van der Waals surface area contributed by atoms with E-state index >= 15 is 0 Å². The van der Waals surface area contributed by atoms with E-state index < -0.39 is 4.92 Å². The number of non-ortho nitro benzene ring substituents is 1. The Labute approximate surface area is 104 Å². The van der Waals surface area contributed by atoms with E-state index in [0.29, 0.717) is 5.56 Å². The number of ether oxygens (including phenoxy) is 1. The van der Waals surface area contributed by atoms with Crippen LogP contribution < -0.4 is 10.1 Å². The van der Waals surface area contributed by atoms with Crippen molar-refractivity contribution in [3.8, 4) is 11.5 Å². The summed E-state index contributed by atoms with van der Waals surface area (Å²) < 4.78 is 4.91. The molecule has 2 N–H and O–H groups in total. The van der Waals surface area contributed by atoms with Crippen molar-refractivity contribution in [3.63, 3.8) is 0 Å². The molecule has 1 heterocycles. The van der Waals surface area contributed by atoms with E-state index in [1.54, 1.807) is 0 Å². The van der Waals surface area contributed by atoms with Crippen LogP contribution in [0, 0.1) is 10.1 Å². The highest BCUT2D eigenvalue weighted by atomic mass is 35.5. The number of benzene rings is 1. The summed E-state index contributed by atoms with van der Waals surface area (Å²) in [5, 5.41) is 23.6. The minimum atomic E-state index is -0.496. The van der Waals surface area contributed by atoms with Gasteiger partial charge in [0.1, 0.15) is 0 Å². The Balaban J connectivity index is 0.00000144. The second-order valence-corrected chi connectivity index (χ2v) is 3.64. The third-order valence-electron chi connectivity index (χ3n) is 2.72. The lowest BCUT2D eigenvalue weighted by molar-refractivity contribution is -0.385. The number of nitrogens with zero attached hydrogens (tertiary/aromatic N) is 1. The quantitative estimate of drug-likeness (QED) is 0.639. The van der Waals surface area contributed by atoms with Crippen molar-refractivity contribution in [2.75, 3.05) is 13.7 Å². The van der Waals surface area contributed by atoms with E-state index in [9.17, 15) is 15.2 Å². The molecule has 0 spiro atoms. The van der Waals surface area contributed by atoms with Crippen molar-refractivity contribution in [1.82, 2.24) is 5.32 Å². The molecule has 1 aromatic carbocycles. The average Bonchev–Trinajstić information content (AvgIpc) is 2.18. The number of nitro benzene ring substituents is 1. The van der Waals surface area contributed by atoms with Gasteiger partial charge in [-0.25, -0.2) is 0 Å². The van der Waals surface area contributed by atoms with Crippen molar-refractivity contribution in [2.24, 2.45) is 0 Å². The zero-order chi connectivity index (χ0) is 11.7. The van der Waals surface area contributed by atoms with Gasteiger partial charge in [0.05, 0.1) is 18.1 Å². The zero-order valence-electron chi connectivity index (χ0n) is 9.17. The van der Waals surface area contributed by atoms with Crippen LogP contribution in [-0.4, -0.2) is 23.7 Å². The second kappa shape index (κ2) is 5.20. The molecule has 17 heavy (non-hydrogen) atoms. The summed E-state index contributed by atoms with van der Waals surface area (Å²) in [6.45, 7) is 0.856. The second-order valence-electron chi connectivity index (χ2n) is 3.64. The van der Waals surface area contributed by atoms with Crippen LogP contribution in [0.4, 0.5) is 5.69 Å². The Bertz CT molecular complexity index is 435. The third-order valence-corrected chi connectivity index (χ3v) is 2.72. The summed E-state index contributed by atoms with van der Waals surface area (Å²) in [5.41, 5.74) is 0.454. The van der Waals surface area contributed by atoms with Gasteiger partial charge in [-0.05, 0) is 13.0 Å². The zero-order valence-corrected chi connectivity index (χ0v) is 9.99. The summed E-state index contributed by atoms with van der Waals surface area (Å²) in [5.74, 6) is 0.114. The predicted octanol–water partition coefficient (Wildman–Crippen LogP) is 1.77. The maximum atomic E-state index is 10.7. The summed E-state index contributed by atoms with van der Waals surface area (Å²) in [6, 6.07) is 2.58. The molecular weight excluding hydrogens is 248 g/mol. The van der Waals surface area contributed by atoms with Gasteiger partial charge < -0.3 is 15.2 Å². The van der Waals surface area contributed by atoms with E-state index in [1.165, 1.54) is 19.2 Å². The lowest BCUT2D eigenvalue weighted by Gasteiger charge is -2.28. The number of phenols is 1. The van der Waals surface area contributed by atoms with Gasteiger partial charge in [-0.15, -0.1) is 12.4 Å². The molecule has 6 nitrogen and oxygen atoms in total. The van der Waals surface area contributed by atoms with Crippen LogP contribution in [0.1, 0.15) is 18.0 Å². The molecule has 1 aromatic rings. The third kappa shape index (κ3) is 2.42. The normalized spacial score (nSPS) is 17.8. The number of nitrogens with one attached hydrogen (secondary N) is 1. The van der Waals surface area contributed by atoms with Gasteiger partial charge in [0, 0.05) is 17.7 Å². The molecule has 94 valence electrons. The Morgan fingerprint density at radius 2 is 2.24 bits per heavy atom. The Morgan fingerprint density at radius 3 is 2.65 bits per heavy atom. The van der Waals surface area contributed by atoms with E-state index in [1.807, 2.05) is 0 Å². The van der Waals surface area contributed by atoms with Crippen LogP contribution in [0.15, 0.2) is 12.1 Å². The fourth-order valence-corrected chi connectivity index (χ4v) is 1.70. The molecule has 0 aromatic heterocycles. The number of aromatic hydroxyl groups is 1. The number of methoxy groups -OCH3 is 1. The minimum Gasteiger partial charge on any atom is -0.504 e. The maximum Gasteiger partial charge on any atom is 0.273 e. The van der Waals surface area contributed by atoms with Crippen LogP contribution in [0.3, 0.4) is 0 Å². The lowest BCUT2D eigenvalue weighted by atomic mass is 9.96.